The first-order valence-corrected chi connectivity index (χ1v) is 8.18. The van der Waals surface area contributed by atoms with Crippen LogP contribution in [0.5, 0.6) is 0 Å². The van der Waals surface area contributed by atoms with Crippen LogP contribution in [-0.2, 0) is 4.74 Å². The van der Waals surface area contributed by atoms with Gasteiger partial charge in [-0.2, -0.15) is 0 Å². The summed E-state index contributed by atoms with van der Waals surface area (Å²) in [7, 11) is 0. The van der Waals surface area contributed by atoms with Crippen molar-refractivity contribution in [3.8, 4) is 0 Å². The maximum absolute atomic E-state index is 6.00. The highest BCUT2D eigenvalue weighted by Crippen LogP contribution is 2.39. The van der Waals surface area contributed by atoms with E-state index in [4.69, 9.17) is 4.74 Å². The summed E-state index contributed by atoms with van der Waals surface area (Å²) in [6.07, 6.45) is 2.03. The topological polar surface area (TPSA) is 34.2 Å². The number of hydrogen-bond acceptors (Lipinski definition) is 4. The zero-order valence-electron chi connectivity index (χ0n) is 12.2. The van der Waals surface area contributed by atoms with Crippen LogP contribution in [0.2, 0.25) is 0 Å². The van der Waals surface area contributed by atoms with Crippen molar-refractivity contribution >= 4 is 11.8 Å². The molecule has 0 saturated carbocycles. The number of thioether (sulfide) groups is 1. The van der Waals surface area contributed by atoms with E-state index in [0.717, 1.165) is 24.7 Å². The lowest BCUT2D eigenvalue weighted by Gasteiger charge is -2.31. The van der Waals surface area contributed by atoms with Crippen molar-refractivity contribution in [1.29, 1.82) is 0 Å². The standard InChI is InChI=1S/C17H20N2OS/c1-13-6-5-9-19-17(13)21-16(14-7-3-2-4-8-14)15-12-18-10-11-20-15/h2-9,15-16,18H,10-12H2,1H3/t15-,16?/m0/s1. The lowest BCUT2D eigenvalue weighted by molar-refractivity contribution is 0.0273. The number of benzene rings is 1. The van der Waals surface area contributed by atoms with E-state index in [0.29, 0.717) is 0 Å². The van der Waals surface area contributed by atoms with E-state index in [1.54, 1.807) is 11.8 Å². The molecule has 1 aliphatic heterocycles. The fourth-order valence-corrected chi connectivity index (χ4v) is 3.73. The fraction of sp³-hybridized carbons (Fsp3) is 0.353. The molecule has 0 radical (unpaired) electrons. The lowest BCUT2D eigenvalue weighted by atomic mass is 10.1. The number of nitrogens with one attached hydrogen (secondary N) is 1. The van der Waals surface area contributed by atoms with Gasteiger partial charge in [-0.3, -0.25) is 0 Å². The van der Waals surface area contributed by atoms with Crippen molar-refractivity contribution < 1.29 is 4.74 Å². The van der Waals surface area contributed by atoms with E-state index in [1.165, 1.54) is 11.1 Å². The summed E-state index contributed by atoms with van der Waals surface area (Å²) in [5.41, 5.74) is 2.51. The maximum Gasteiger partial charge on any atom is 0.0995 e. The first-order valence-electron chi connectivity index (χ1n) is 7.30. The predicted molar refractivity (Wildman–Crippen MR) is 86.6 cm³/mol. The number of rotatable bonds is 4. The Bertz CT molecular complexity index is 570. The molecule has 1 aliphatic rings. The third kappa shape index (κ3) is 3.64. The van der Waals surface area contributed by atoms with Gasteiger partial charge in [0, 0.05) is 19.3 Å². The minimum Gasteiger partial charge on any atom is -0.374 e. The van der Waals surface area contributed by atoms with Crippen molar-refractivity contribution in [1.82, 2.24) is 10.3 Å². The number of pyridine rings is 1. The quantitative estimate of drug-likeness (QED) is 0.879. The van der Waals surface area contributed by atoms with E-state index in [1.807, 2.05) is 12.3 Å². The molecule has 2 heterocycles. The van der Waals surface area contributed by atoms with Gasteiger partial charge in [-0.1, -0.05) is 48.2 Å². The summed E-state index contributed by atoms with van der Waals surface area (Å²) in [5, 5.41) is 4.77. The summed E-state index contributed by atoms with van der Waals surface area (Å²) >= 11 is 1.80. The molecule has 0 aliphatic carbocycles. The van der Waals surface area contributed by atoms with Gasteiger partial charge in [-0.25, -0.2) is 4.98 Å². The molecule has 1 unspecified atom stereocenters. The van der Waals surface area contributed by atoms with Crippen molar-refractivity contribution in [2.75, 3.05) is 19.7 Å². The average molecular weight is 300 g/mol. The van der Waals surface area contributed by atoms with Gasteiger partial charge < -0.3 is 10.1 Å². The van der Waals surface area contributed by atoms with Gasteiger partial charge in [0.1, 0.15) is 0 Å². The highest BCUT2D eigenvalue weighted by Gasteiger charge is 2.27. The molecule has 110 valence electrons. The molecule has 2 aromatic rings. The second-order valence-corrected chi connectivity index (χ2v) is 6.32. The van der Waals surface area contributed by atoms with Crippen molar-refractivity contribution in [2.24, 2.45) is 0 Å². The zero-order valence-corrected chi connectivity index (χ0v) is 13.0. The molecule has 3 nitrogen and oxygen atoms in total. The van der Waals surface area contributed by atoms with Gasteiger partial charge in [0.2, 0.25) is 0 Å². The van der Waals surface area contributed by atoms with E-state index in [-0.39, 0.29) is 11.4 Å². The maximum atomic E-state index is 6.00. The number of morpholine rings is 1. The Kier molecular flexibility index (Phi) is 4.91. The Morgan fingerprint density at radius 3 is 2.81 bits per heavy atom. The van der Waals surface area contributed by atoms with Crippen LogP contribution in [0.15, 0.2) is 53.7 Å². The number of ether oxygens (including phenoxy) is 1. The molecule has 3 rings (SSSR count). The van der Waals surface area contributed by atoms with Crippen LogP contribution in [0.3, 0.4) is 0 Å². The van der Waals surface area contributed by atoms with Gasteiger partial charge in [0.15, 0.2) is 0 Å². The molecular weight excluding hydrogens is 280 g/mol. The third-order valence-electron chi connectivity index (χ3n) is 3.62. The summed E-state index contributed by atoms with van der Waals surface area (Å²) in [6, 6.07) is 14.7. The predicted octanol–water partition coefficient (Wildman–Crippen LogP) is 3.21. The summed E-state index contributed by atoms with van der Waals surface area (Å²) in [5.74, 6) is 0. The van der Waals surface area contributed by atoms with Crippen molar-refractivity contribution in [2.45, 2.75) is 23.3 Å². The minimum absolute atomic E-state index is 0.174. The molecule has 1 fully saturated rings. The van der Waals surface area contributed by atoms with E-state index in [2.05, 4.69) is 53.6 Å². The third-order valence-corrected chi connectivity index (χ3v) is 5.10. The molecule has 1 N–H and O–H groups in total. The van der Waals surface area contributed by atoms with Gasteiger partial charge >= 0.3 is 0 Å². The Morgan fingerprint density at radius 1 is 1.24 bits per heavy atom. The highest BCUT2D eigenvalue weighted by atomic mass is 32.2. The molecule has 1 saturated heterocycles. The first-order chi connectivity index (χ1) is 10.3. The minimum atomic E-state index is 0.174. The summed E-state index contributed by atoms with van der Waals surface area (Å²) in [6.45, 7) is 4.71. The van der Waals surface area contributed by atoms with Crippen LogP contribution in [0.25, 0.3) is 0 Å². The molecule has 0 spiro atoms. The van der Waals surface area contributed by atoms with Gasteiger partial charge in [-0.15, -0.1) is 0 Å². The molecular formula is C17H20N2OS. The largest absolute Gasteiger partial charge is 0.374 e. The Morgan fingerprint density at radius 2 is 2.10 bits per heavy atom. The molecule has 1 aromatic heterocycles. The number of aryl methyl sites for hydroxylation is 1. The number of nitrogens with zero attached hydrogens (tertiary/aromatic N) is 1. The van der Waals surface area contributed by atoms with E-state index >= 15 is 0 Å². The average Bonchev–Trinajstić information content (AvgIpc) is 2.56. The van der Waals surface area contributed by atoms with Gasteiger partial charge in [-0.05, 0) is 24.1 Å². The molecule has 0 amide bonds. The van der Waals surface area contributed by atoms with Crippen LogP contribution in [0, 0.1) is 6.92 Å². The van der Waals surface area contributed by atoms with E-state index < -0.39 is 0 Å². The molecule has 21 heavy (non-hydrogen) atoms. The Balaban J connectivity index is 1.87. The van der Waals surface area contributed by atoms with Crippen LogP contribution >= 0.6 is 11.8 Å². The molecule has 1 aromatic carbocycles. The molecule has 2 atom stereocenters. The number of hydrogen-bond donors (Lipinski definition) is 1. The zero-order chi connectivity index (χ0) is 14.5. The summed E-state index contributed by atoms with van der Waals surface area (Å²) in [4.78, 5) is 4.53. The Hall–Kier alpha value is -1.36. The van der Waals surface area contributed by atoms with Crippen LogP contribution in [0.1, 0.15) is 16.4 Å². The second kappa shape index (κ2) is 7.07. The summed E-state index contributed by atoms with van der Waals surface area (Å²) < 4.78 is 6.00. The van der Waals surface area contributed by atoms with Crippen LogP contribution in [-0.4, -0.2) is 30.8 Å². The molecule has 4 heteroatoms. The highest BCUT2D eigenvalue weighted by molar-refractivity contribution is 7.99. The van der Waals surface area contributed by atoms with Gasteiger partial charge in [0.25, 0.3) is 0 Å². The van der Waals surface area contributed by atoms with Crippen molar-refractivity contribution in [3.63, 3.8) is 0 Å². The van der Waals surface area contributed by atoms with Crippen molar-refractivity contribution in [3.05, 3.63) is 59.8 Å². The smallest absolute Gasteiger partial charge is 0.0995 e. The normalized spacial score (nSPS) is 20.1. The molecule has 0 bridgehead atoms. The van der Waals surface area contributed by atoms with E-state index in [9.17, 15) is 0 Å². The fourth-order valence-electron chi connectivity index (χ4n) is 2.50. The SMILES string of the molecule is Cc1cccnc1SC(c1ccccc1)[C@@H]1CNCCO1. The van der Waals surface area contributed by atoms with Crippen LogP contribution in [0.4, 0.5) is 0 Å². The Labute approximate surface area is 130 Å². The van der Waals surface area contributed by atoms with Crippen LogP contribution < -0.4 is 5.32 Å². The monoisotopic (exact) mass is 300 g/mol. The number of aromatic nitrogens is 1. The lowest BCUT2D eigenvalue weighted by Crippen LogP contribution is -2.41. The first kappa shape index (κ1) is 14.6. The van der Waals surface area contributed by atoms with Gasteiger partial charge in [0.05, 0.1) is 23.0 Å². The second-order valence-electron chi connectivity index (χ2n) is 5.19.